The number of aliphatic hydroxyl groups excluding tert-OH is 1. The quantitative estimate of drug-likeness (QED) is 0.197. The number of halogens is 2. The van der Waals surface area contributed by atoms with E-state index in [2.05, 4.69) is 4.98 Å². The number of carbonyl (C=O) groups is 2. The molecule has 4 aromatic rings. The van der Waals surface area contributed by atoms with Crippen LogP contribution in [0.1, 0.15) is 30.5 Å². The standard InChI is InChI=1S/C27H20F2N2O4S/c1-2-12-35-17-7-5-6-15(13-17)24(32)22-23(18-8-3-4-9-19(18)29)31(26(34)25(22)33)27-30-20-11-10-16(28)14-21(20)36-27/h3-11,13-14,23,32H,2,12H2,1H3/b24-22+. The lowest BCUT2D eigenvalue weighted by Gasteiger charge is -2.23. The molecule has 0 radical (unpaired) electrons. The molecule has 1 amide bonds. The van der Waals surface area contributed by atoms with Crippen LogP contribution in [0, 0.1) is 11.6 Å². The van der Waals surface area contributed by atoms with Gasteiger partial charge in [-0.25, -0.2) is 13.8 Å². The van der Waals surface area contributed by atoms with Crippen molar-refractivity contribution in [3.63, 3.8) is 0 Å². The van der Waals surface area contributed by atoms with E-state index in [4.69, 9.17) is 4.74 Å². The molecule has 0 spiro atoms. The first-order valence-electron chi connectivity index (χ1n) is 11.2. The minimum absolute atomic E-state index is 0.0158. The van der Waals surface area contributed by atoms with Gasteiger partial charge in [-0.3, -0.25) is 14.5 Å². The molecule has 0 bridgehead atoms. The number of fused-ring (bicyclic) bond motifs is 1. The smallest absolute Gasteiger partial charge is 0.301 e. The molecule has 1 saturated heterocycles. The third-order valence-corrected chi connectivity index (χ3v) is 6.79. The zero-order valence-electron chi connectivity index (χ0n) is 19.1. The zero-order chi connectivity index (χ0) is 25.4. The van der Waals surface area contributed by atoms with Gasteiger partial charge in [0.1, 0.15) is 29.2 Å². The SMILES string of the molecule is CCCOc1cccc(/C(O)=C2\C(=O)C(=O)N(c3nc4ccc(F)cc4s3)C2c2ccccc2F)c1. The van der Waals surface area contributed by atoms with Crippen LogP contribution in [0.2, 0.25) is 0 Å². The van der Waals surface area contributed by atoms with Crippen LogP contribution in [0.4, 0.5) is 13.9 Å². The number of benzene rings is 3. The van der Waals surface area contributed by atoms with Gasteiger partial charge in [-0.1, -0.05) is 48.6 Å². The van der Waals surface area contributed by atoms with E-state index in [9.17, 15) is 19.1 Å². The highest BCUT2D eigenvalue weighted by Gasteiger charge is 2.49. The number of hydrogen-bond acceptors (Lipinski definition) is 6. The van der Waals surface area contributed by atoms with Crippen molar-refractivity contribution in [3.8, 4) is 5.75 Å². The summed E-state index contributed by atoms with van der Waals surface area (Å²) in [6.07, 6.45) is 0.778. The number of ether oxygens (including phenoxy) is 1. The average Bonchev–Trinajstić information content (AvgIpc) is 3.40. The van der Waals surface area contributed by atoms with E-state index >= 15 is 4.39 Å². The predicted octanol–water partition coefficient (Wildman–Crippen LogP) is 5.99. The molecular weight excluding hydrogens is 486 g/mol. The molecule has 1 fully saturated rings. The fourth-order valence-corrected chi connectivity index (χ4v) is 5.14. The third-order valence-electron chi connectivity index (χ3n) is 5.77. The van der Waals surface area contributed by atoms with Crippen molar-refractivity contribution < 1.29 is 28.2 Å². The van der Waals surface area contributed by atoms with Gasteiger partial charge in [-0.2, -0.15) is 0 Å². The van der Waals surface area contributed by atoms with E-state index in [1.807, 2.05) is 6.92 Å². The number of amides is 1. The van der Waals surface area contributed by atoms with Crippen LogP contribution in [-0.4, -0.2) is 28.4 Å². The van der Waals surface area contributed by atoms with E-state index < -0.39 is 35.1 Å². The molecule has 1 aliphatic rings. The van der Waals surface area contributed by atoms with Gasteiger partial charge in [-0.05, 0) is 42.8 Å². The highest BCUT2D eigenvalue weighted by atomic mass is 32.1. The molecule has 0 saturated carbocycles. The van der Waals surface area contributed by atoms with Gasteiger partial charge in [0.25, 0.3) is 5.78 Å². The van der Waals surface area contributed by atoms with E-state index in [0.717, 1.165) is 22.7 Å². The van der Waals surface area contributed by atoms with Crippen molar-refractivity contribution in [1.29, 1.82) is 0 Å². The number of Topliss-reactive ketones (excluding diaryl/α,β-unsaturated/α-hetero) is 1. The van der Waals surface area contributed by atoms with Crippen molar-refractivity contribution in [2.75, 3.05) is 11.5 Å². The maximum absolute atomic E-state index is 15.0. The molecule has 5 rings (SSSR count). The van der Waals surface area contributed by atoms with Crippen LogP contribution >= 0.6 is 11.3 Å². The molecule has 1 N–H and O–H groups in total. The molecule has 9 heteroatoms. The molecule has 0 aliphatic carbocycles. The van der Waals surface area contributed by atoms with Crippen LogP contribution in [0.15, 0.2) is 72.3 Å². The number of hydrogen-bond donors (Lipinski definition) is 1. The molecule has 182 valence electrons. The van der Waals surface area contributed by atoms with Gasteiger partial charge in [0.15, 0.2) is 5.13 Å². The number of aromatic nitrogens is 1. The molecule has 36 heavy (non-hydrogen) atoms. The fourth-order valence-electron chi connectivity index (χ4n) is 4.12. The number of rotatable bonds is 6. The van der Waals surface area contributed by atoms with E-state index in [1.54, 1.807) is 30.3 Å². The Morgan fingerprint density at radius 3 is 2.67 bits per heavy atom. The van der Waals surface area contributed by atoms with Gasteiger partial charge < -0.3 is 9.84 Å². The van der Waals surface area contributed by atoms with Gasteiger partial charge >= 0.3 is 5.91 Å². The number of aliphatic hydroxyl groups is 1. The van der Waals surface area contributed by atoms with Gasteiger partial charge in [0.2, 0.25) is 0 Å². The van der Waals surface area contributed by atoms with Crippen molar-refractivity contribution in [2.24, 2.45) is 0 Å². The maximum atomic E-state index is 15.0. The van der Waals surface area contributed by atoms with Crippen LogP contribution < -0.4 is 9.64 Å². The Hall–Kier alpha value is -4.11. The highest BCUT2D eigenvalue weighted by molar-refractivity contribution is 7.22. The lowest BCUT2D eigenvalue weighted by Crippen LogP contribution is -2.29. The topological polar surface area (TPSA) is 79.7 Å². The van der Waals surface area contributed by atoms with Crippen molar-refractivity contribution in [3.05, 3.63) is 95.1 Å². The largest absolute Gasteiger partial charge is 0.507 e. The molecule has 1 aromatic heterocycles. The summed E-state index contributed by atoms with van der Waals surface area (Å²) >= 11 is 0.995. The highest BCUT2D eigenvalue weighted by Crippen LogP contribution is 2.45. The summed E-state index contributed by atoms with van der Waals surface area (Å²) in [5, 5.41) is 11.3. The van der Waals surface area contributed by atoms with Crippen LogP contribution in [0.3, 0.4) is 0 Å². The molecule has 6 nitrogen and oxygen atoms in total. The number of anilines is 1. The number of nitrogens with zero attached hydrogens (tertiary/aromatic N) is 2. The van der Waals surface area contributed by atoms with Gasteiger partial charge in [-0.15, -0.1) is 0 Å². The summed E-state index contributed by atoms with van der Waals surface area (Å²) in [6.45, 7) is 2.41. The maximum Gasteiger partial charge on any atom is 0.301 e. The van der Waals surface area contributed by atoms with Gasteiger partial charge in [0.05, 0.1) is 22.4 Å². The average molecular weight is 507 g/mol. The van der Waals surface area contributed by atoms with E-state index in [-0.39, 0.29) is 21.8 Å². The Bertz CT molecular complexity index is 1530. The first-order valence-corrected chi connectivity index (χ1v) is 12.1. The third kappa shape index (κ3) is 4.11. The normalized spacial score (nSPS) is 17.2. The molecule has 1 aliphatic heterocycles. The minimum Gasteiger partial charge on any atom is -0.507 e. The second-order valence-electron chi connectivity index (χ2n) is 8.18. The zero-order valence-corrected chi connectivity index (χ0v) is 19.9. The van der Waals surface area contributed by atoms with E-state index in [0.29, 0.717) is 22.6 Å². The summed E-state index contributed by atoms with van der Waals surface area (Å²) in [5.41, 5.74) is 0.408. The fraction of sp³-hybridized carbons (Fsp3) is 0.148. The Labute approximate surface area is 209 Å². The number of carbonyl (C=O) groups excluding carboxylic acids is 2. The first-order chi connectivity index (χ1) is 17.4. The number of ketones is 1. The second-order valence-corrected chi connectivity index (χ2v) is 9.18. The molecule has 1 unspecified atom stereocenters. The Balaban J connectivity index is 1.70. The molecule has 3 aromatic carbocycles. The van der Waals surface area contributed by atoms with Gasteiger partial charge in [0, 0.05) is 11.1 Å². The summed E-state index contributed by atoms with van der Waals surface area (Å²) in [5.74, 6) is -3.07. The molecule has 1 atom stereocenters. The van der Waals surface area contributed by atoms with Crippen LogP contribution in [-0.2, 0) is 9.59 Å². The van der Waals surface area contributed by atoms with E-state index in [1.165, 1.54) is 36.4 Å². The predicted molar refractivity (Wildman–Crippen MR) is 133 cm³/mol. The summed E-state index contributed by atoms with van der Waals surface area (Å²) in [4.78, 5) is 32.0. The van der Waals surface area contributed by atoms with Crippen molar-refractivity contribution in [1.82, 2.24) is 4.98 Å². The summed E-state index contributed by atoms with van der Waals surface area (Å²) < 4.78 is 34.9. The number of thiazole rings is 1. The molecule has 2 heterocycles. The first kappa shape index (κ1) is 23.6. The van der Waals surface area contributed by atoms with Crippen LogP contribution in [0.25, 0.3) is 16.0 Å². The Kier molecular flexibility index (Phi) is 6.24. The summed E-state index contributed by atoms with van der Waals surface area (Å²) in [7, 11) is 0. The molecular formula is C27H20F2N2O4S. The van der Waals surface area contributed by atoms with Crippen LogP contribution in [0.5, 0.6) is 5.75 Å². The minimum atomic E-state index is -1.28. The monoisotopic (exact) mass is 506 g/mol. The summed E-state index contributed by atoms with van der Waals surface area (Å²) in [6, 6.07) is 14.9. The van der Waals surface area contributed by atoms with Crippen molar-refractivity contribution >= 4 is 44.1 Å². The lowest BCUT2D eigenvalue weighted by molar-refractivity contribution is -0.132. The lowest BCUT2D eigenvalue weighted by atomic mass is 9.95. The second kappa shape index (κ2) is 9.50. The Morgan fingerprint density at radius 1 is 1.08 bits per heavy atom. The Morgan fingerprint density at radius 2 is 1.89 bits per heavy atom. The van der Waals surface area contributed by atoms with Crippen molar-refractivity contribution in [2.45, 2.75) is 19.4 Å².